The standard InChI is InChI=1S/C20H24N2O2/c1-3-14-21(17(2)23)16-20(24)22(19-12-8-5-9-13-19)15-18-10-6-4-7-11-18/h4-13H,3,14-16H2,1-2H3. The number of hydrogen-bond donors (Lipinski definition) is 0. The summed E-state index contributed by atoms with van der Waals surface area (Å²) in [6.07, 6.45) is 0.830. The zero-order valence-electron chi connectivity index (χ0n) is 14.3. The van der Waals surface area contributed by atoms with Gasteiger partial charge in [-0.2, -0.15) is 0 Å². The highest BCUT2D eigenvalue weighted by Crippen LogP contribution is 2.17. The van der Waals surface area contributed by atoms with Gasteiger partial charge in [0.05, 0.1) is 6.54 Å². The number of rotatable bonds is 7. The van der Waals surface area contributed by atoms with Crippen molar-refractivity contribution in [2.75, 3.05) is 18.0 Å². The predicted molar refractivity (Wildman–Crippen MR) is 96.6 cm³/mol. The molecule has 0 radical (unpaired) electrons. The zero-order chi connectivity index (χ0) is 17.4. The molecule has 2 aromatic rings. The van der Waals surface area contributed by atoms with Gasteiger partial charge >= 0.3 is 0 Å². The fraction of sp³-hybridized carbons (Fsp3) is 0.300. The quantitative estimate of drug-likeness (QED) is 0.782. The van der Waals surface area contributed by atoms with Crippen molar-refractivity contribution < 1.29 is 9.59 Å². The van der Waals surface area contributed by atoms with E-state index in [0.717, 1.165) is 17.7 Å². The number of carbonyl (C=O) groups excluding carboxylic acids is 2. The van der Waals surface area contributed by atoms with Gasteiger partial charge in [-0.05, 0) is 24.1 Å². The van der Waals surface area contributed by atoms with Crippen LogP contribution in [-0.4, -0.2) is 29.8 Å². The molecule has 4 nitrogen and oxygen atoms in total. The molecular formula is C20H24N2O2. The molecule has 2 rings (SSSR count). The lowest BCUT2D eigenvalue weighted by Crippen LogP contribution is -2.42. The van der Waals surface area contributed by atoms with Crippen LogP contribution in [0.1, 0.15) is 25.8 Å². The van der Waals surface area contributed by atoms with Crippen LogP contribution in [0.3, 0.4) is 0 Å². The lowest BCUT2D eigenvalue weighted by molar-refractivity contribution is -0.133. The Morgan fingerprint density at radius 2 is 1.50 bits per heavy atom. The van der Waals surface area contributed by atoms with Crippen molar-refractivity contribution in [3.63, 3.8) is 0 Å². The van der Waals surface area contributed by atoms with Crippen LogP contribution in [0.15, 0.2) is 60.7 Å². The molecule has 0 heterocycles. The minimum atomic E-state index is -0.0753. The number of carbonyl (C=O) groups is 2. The molecule has 0 aromatic heterocycles. The van der Waals surface area contributed by atoms with E-state index in [4.69, 9.17) is 0 Å². The molecule has 0 aliphatic heterocycles. The van der Waals surface area contributed by atoms with Crippen LogP contribution in [-0.2, 0) is 16.1 Å². The van der Waals surface area contributed by atoms with Gasteiger partial charge in [0.2, 0.25) is 11.8 Å². The number of hydrogen-bond acceptors (Lipinski definition) is 2. The van der Waals surface area contributed by atoms with Crippen LogP contribution in [0, 0.1) is 0 Å². The summed E-state index contributed by atoms with van der Waals surface area (Å²) in [5.41, 5.74) is 1.89. The van der Waals surface area contributed by atoms with Crippen molar-refractivity contribution in [3.05, 3.63) is 66.2 Å². The molecule has 126 valence electrons. The van der Waals surface area contributed by atoms with Gasteiger partial charge in [-0.3, -0.25) is 9.59 Å². The number of para-hydroxylation sites is 1. The predicted octanol–water partition coefficient (Wildman–Crippen LogP) is 3.48. The van der Waals surface area contributed by atoms with Gasteiger partial charge in [-0.15, -0.1) is 0 Å². The summed E-state index contributed by atoms with van der Waals surface area (Å²) >= 11 is 0. The second kappa shape index (κ2) is 8.87. The fourth-order valence-electron chi connectivity index (χ4n) is 2.56. The zero-order valence-corrected chi connectivity index (χ0v) is 14.3. The third-order valence-corrected chi connectivity index (χ3v) is 3.82. The SMILES string of the molecule is CCCN(CC(=O)N(Cc1ccccc1)c1ccccc1)C(C)=O. The Morgan fingerprint density at radius 3 is 2.04 bits per heavy atom. The Kier molecular flexibility index (Phi) is 6.55. The van der Waals surface area contributed by atoms with E-state index < -0.39 is 0 Å². The van der Waals surface area contributed by atoms with E-state index in [1.807, 2.05) is 67.6 Å². The molecule has 0 saturated heterocycles. The molecule has 0 aliphatic rings. The maximum Gasteiger partial charge on any atom is 0.246 e. The molecule has 24 heavy (non-hydrogen) atoms. The van der Waals surface area contributed by atoms with Gasteiger partial charge in [0, 0.05) is 19.2 Å². The molecule has 0 fully saturated rings. The Balaban J connectivity index is 2.21. The van der Waals surface area contributed by atoms with E-state index >= 15 is 0 Å². The second-order valence-electron chi connectivity index (χ2n) is 5.74. The van der Waals surface area contributed by atoms with E-state index in [9.17, 15) is 9.59 Å². The highest BCUT2D eigenvalue weighted by Gasteiger charge is 2.20. The third kappa shape index (κ3) is 4.95. The van der Waals surface area contributed by atoms with Crippen LogP contribution in [0.25, 0.3) is 0 Å². The molecule has 4 heteroatoms. The van der Waals surface area contributed by atoms with Gasteiger partial charge < -0.3 is 9.80 Å². The number of nitrogens with zero attached hydrogens (tertiary/aromatic N) is 2. The number of amides is 2. The molecular weight excluding hydrogens is 300 g/mol. The third-order valence-electron chi connectivity index (χ3n) is 3.82. The molecule has 0 N–H and O–H groups in total. The van der Waals surface area contributed by atoms with Gasteiger partial charge in [0.25, 0.3) is 0 Å². The Morgan fingerprint density at radius 1 is 0.917 bits per heavy atom. The first-order valence-electron chi connectivity index (χ1n) is 8.26. The first kappa shape index (κ1) is 17.7. The van der Waals surface area contributed by atoms with Crippen LogP contribution >= 0.6 is 0 Å². The maximum atomic E-state index is 12.9. The normalized spacial score (nSPS) is 10.2. The molecule has 0 saturated carbocycles. The highest BCUT2D eigenvalue weighted by atomic mass is 16.2. The summed E-state index contributed by atoms with van der Waals surface area (Å²) < 4.78 is 0. The van der Waals surface area contributed by atoms with Crippen molar-refractivity contribution in [3.8, 4) is 0 Å². The first-order chi connectivity index (χ1) is 11.6. The monoisotopic (exact) mass is 324 g/mol. The molecule has 0 bridgehead atoms. The van der Waals surface area contributed by atoms with Gasteiger partial charge in [-0.1, -0.05) is 55.5 Å². The summed E-state index contributed by atoms with van der Waals surface area (Å²) in [5.74, 6) is -0.147. The summed E-state index contributed by atoms with van der Waals surface area (Å²) in [5, 5.41) is 0. The van der Waals surface area contributed by atoms with E-state index in [1.165, 1.54) is 6.92 Å². The lowest BCUT2D eigenvalue weighted by atomic mass is 10.2. The number of anilines is 1. The summed E-state index contributed by atoms with van der Waals surface area (Å²) in [6, 6.07) is 19.5. The van der Waals surface area contributed by atoms with E-state index in [-0.39, 0.29) is 18.4 Å². The molecule has 0 spiro atoms. The van der Waals surface area contributed by atoms with E-state index in [1.54, 1.807) is 9.80 Å². The average Bonchev–Trinajstić information content (AvgIpc) is 2.60. The fourth-order valence-corrected chi connectivity index (χ4v) is 2.56. The second-order valence-corrected chi connectivity index (χ2v) is 5.74. The van der Waals surface area contributed by atoms with E-state index in [2.05, 4.69) is 0 Å². The van der Waals surface area contributed by atoms with Crippen molar-refractivity contribution in [2.45, 2.75) is 26.8 Å². The van der Waals surface area contributed by atoms with Gasteiger partial charge in [0.1, 0.15) is 6.54 Å². The minimum Gasteiger partial charge on any atom is -0.334 e. The van der Waals surface area contributed by atoms with Crippen molar-refractivity contribution >= 4 is 17.5 Å². The first-order valence-corrected chi connectivity index (χ1v) is 8.26. The molecule has 2 aromatic carbocycles. The van der Waals surface area contributed by atoms with Crippen LogP contribution in [0.4, 0.5) is 5.69 Å². The molecule has 0 unspecified atom stereocenters. The van der Waals surface area contributed by atoms with Crippen LogP contribution in [0.2, 0.25) is 0 Å². The molecule has 0 atom stereocenters. The van der Waals surface area contributed by atoms with E-state index in [0.29, 0.717) is 13.1 Å². The summed E-state index contributed by atoms with van der Waals surface area (Å²) in [7, 11) is 0. The smallest absolute Gasteiger partial charge is 0.246 e. The van der Waals surface area contributed by atoms with Crippen LogP contribution in [0.5, 0.6) is 0 Å². The van der Waals surface area contributed by atoms with Crippen LogP contribution < -0.4 is 4.90 Å². The minimum absolute atomic E-state index is 0.0714. The largest absolute Gasteiger partial charge is 0.334 e. The lowest BCUT2D eigenvalue weighted by Gasteiger charge is -2.27. The number of benzene rings is 2. The summed E-state index contributed by atoms with van der Waals surface area (Å²) in [6.45, 7) is 4.69. The Hall–Kier alpha value is -2.62. The summed E-state index contributed by atoms with van der Waals surface area (Å²) in [4.78, 5) is 27.9. The highest BCUT2D eigenvalue weighted by molar-refractivity contribution is 5.96. The van der Waals surface area contributed by atoms with Crippen molar-refractivity contribution in [2.24, 2.45) is 0 Å². The van der Waals surface area contributed by atoms with Gasteiger partial charge in [-0.25, -0.2) is 0 Å². The Bertz CT molecular complexity index is 656. The Labute approximate surface area is 143 Å². The average molecular weight is 324 g/mol. The maximum absolute atomic E-state index is 12.9. The molecule has 2 amide bonds. The van der Waals surface area contributed by atoms with Crippen molar-refractivity contribution in [1.82, 2.24) is 4.90 Å². The van der Waals surface area contributed by atoms with Crippen molar-refractivity contribution in [1.29, 1.82) is 0 Å². The molecule has 0 aliphatic carbocycles. The topological polar surface area (TPSA) is 40.6 Å². The van der Waals surface area contributed by atoms with Gasteiger partial charge in [0.15, 0.2) is 0 Å².